The summed E-state index contributed by atoms with van der Waals surface area (Å²) in [6, 6.07) is -0.329. The van der Waals surface area contributed by atoms with Gasteiger partial charge in [-0.25, -0.2) is 20.0 Å². The average molecular weight is 417 g/mol. The molecule has 0 spiro atoms. The van der Waals surface area contributed by atoms with Gasteiger partial charge in [0, 0.05) is 14.5 Å². The summed E-state index contributed by atoms with van der Waals surface area (Å²) in [5.74, 6) is -1.39. The van der Waals surface area contributed by atoms with Crippen LogP contribution in [0.15, 0.2) is 0 Å². The fraction of sp³-hybridized carbons (Fsp3) is 0.842. The van der Waals surface area contributed by atoms with Crippen molar-refractivity contribution in [1.82, 2.24) is 10.4 Å². The molecule has 28 heavy (non-hydrogen) atoms. The van der Waals surface area contributed by atoms with Crippen molar-refractivity contribution in [3.05, 3.63) is 0 Å². The SMILES string of the molecule is C[C@@H]([C@H](O)C(=O)O)N(NC(=O)OCC[Si](C)(C)C)C(=O)CCC1CCCCC1. The molecule has 1 fully saturated rings. The van der Waals surface area contributed by atoms with Gasteiger partial charge < -0.3 is 14.9 Å². The number of hydrogen-bond donors (Lipinski definition) is 3. The molecule has 3 N–H and O–H groups in total. The van der Waals surface area contributed by atoms with Crippen LogP contribution in [0.1, 0.15) is 51.9 Å². The third-order valence-electron chi connectivity index (χ3n) is 5.17. The number of carbonyl (C=O) groups is 3. The topological polar surface area (TPSA) is 116 Å². The Morgan fingerprint density at radius 3 is 2.32 bits per heavy atom. The Morgan fingerprint density at radius 1 is 1.18 bits per heavy atom. The number of aliphatic hydroxyl groups is 1. The normalized spacial score (nSPS) is 17.5. The van der Waals surface area contributed by atoms with Crippen molar-refractivity contribution in [2.45, 2.75) is 89.7 Å². The van der Waals surface area contributed by atoms with Crippen molar-refractivity contribution >= 4 is 26.0 Å². The van der Waals surface area contributed by atoms with Crippen LogP contribution in [0.25, 0.3) is 0 Å². The zero-order valence-corrected chi connectivity index (χ0v) is 18.6. The summed E-state index contributed by atoms with van der Waals surface area (Å²) < 4.78 is 5.15. The highest BCUT2D eigenvalue weighted by Crippen LogP contribution is 2.27. The van der Waals surface area contributed by atoms with Crippen LogP contribution in [0.4, 0.5) is 4.79 Å². The lowest BCUT2D eigenvalue weighted by Crippen LogP contribution is -2.56. The van der Waals surface area contributed by atoms with Crippen LogP contribution in [-0.2, 0) is 14.3 Å². The molecule has 0 saturated heterocycles. The average Bonchev–Trinajstić information content (AvgIpc) is 2.62. The molecule has 0 bridgehead atoms. The van der Waals surface area contributed by atoms with Gasteiger partial charge in [-0.15, -0.1) is 0 Å². The summed E-state index contributed by atoms with van der Waals surface area (Å²) >= 11 is 0. The number of carboxylic acid groups (broad SMARTS) is 1. The van der Waals surface area contributed by atoms with Gasteiger partial charge in [0.05, 0.1) is 12.6 Å². The Balaban J connectivity index is 2.67. The van der Waals surface area contributed by atoms with Crippen molar-refractivity contribution in [2.75, 3.05) is 6.61 Å². The lowest BCUT2D eigenvalue weighted by molar-refractivity contribution is -0.154. The van der Waals surface area contributed by atoms with Gasteiger partial charge in [-0.05, 0) is 25.3 Å². The molecule has 0 unspecified atom stereocenters. The van der Waals surface area contributed by atoms with E-state index in [2.05, 4.69) is 25.1 Å². The van der Waals surface area contributed by atoms with E-state index in [1.54, 1.807) is 0 Å². The molecule has 0 aromatic heterocycles. The first-order valence-electron chi connectivity index (χ1n) is 10.2. The number of rotatable bonds is 9. The zero-order chi connectivity index (χ0) is 21.3. The third kappa shape index (κ3) is 9.05. The predicted octanol–water partition coefficient (Wildman–Crippen LogP) is 2.99. The minimum absolute atomic E-state index is 0.191. The highest BCUT2D eigenvalue weighted by molar-refractivity contribution is 6.76. The summed E-state index contributed by atoms with van der Waals surface area (Å²) in [4.78, 5) is 35.9. The maximum Gasteiger partial charge on any atom is 0.426 e. The van der Waals surface area contributed by atoms with E-state index in [0.717, 1.165) is 23.9 Å². The summed E-state index contributed by atoms with van der Waals surface area (Å²) in [5.41, 5.74) is 2.34. The largest absolute Gasteiger partial charge is 0.479 e. The fourth-order valence-corrected chi connectivity index (χ4v) is 3.96. The van der Waals surface area contributed by atoms with Crippen LogP contribution in [0.5, 0.6) is 0 Å². The van der Waals surface area contributed by atoms with Gasteiger partial charge in [-0.1, -0.05) is 51.7 Å². The minimum atomic E-state index is -1.80. The second kappa shape index (κ2) is 11.4. The zero-order valence-electron chi connectivity index (χ0n) is 17.6. The van der Waals surface area contributed by atoms with Crippen LogP contribution >= 0.6 is 0 Å². The molecule has 0 aromatic carbocycles. The van der Waals surface area contributed by atoms with Crippen molar-refractivity contribution in [3.63, 3.8) is 0 Å². The monoisotopic (exact) mass is 416 g/mol. The van der Waals surface area contributed by atoms with E-state index in [1.807, 2.05) is 0 Å². The van der Waals surface area contributed by atoms with Gasteiger partial charge >= 0.3 is 12.1 Å². The highest BCUT2D eigenvalue weighted by atomic mass is 28.3. The molecule has 162 valence electrons. The van der Waals surface area contributed by atoms with Gasteiger partial charge in [-0.2, -0.15) is 0 Å². The number of hydrazine groups is 1. The summed E-state index contributed by atoms with van der Waals surface area (Å²) in [6.45, 7) is 8.09. The first-order chi connectivity index (χ1) is 13.0. The summed E-state index contributed by atoms with van der Waals surface area (Å²) in [7, 11) is -1.38. The molecule has 1 saturated carbocycles. The molecule has 0 aliphatic heterocycles. The standard InChI is InChI=1S/C19H36N2O6Si/c1-14(17(23)18(24)25)21(20-19(26)27-12-13-28(2,3)4)16(22)11-10-15-8-6-5-7-9-15/h14-15,17,23H,5-13H2,1-4H3,(H,20,26)(H,24,25)/t14-,17-/m0/s1. The predicted molar refractivity (Wildman–Crippen MR) is 108 cm³/mol. The first kappa shape index (κ1) is 24.4. The van der Waals surface area contributed by atoms with Crippen molar-refractivity contribution in [3.8, 4) is 0 Å². The van der Waals surface area contributed by atoms with Crippen LogP contribution < -0.4 is 5.43 Å². The van der Waals surface area contributed by atoms with E-state index < -0.39 is 38.2 Å². The van der Waals surface area contributed by atoms with Gasteiger partial charge in [0.25, 0.3) is 0 Å². The Hall–Kier alpha value is -1.61. The van der Waals surface area contributed by atoms with Gasteiger partial charge in [0.15, 0.2) is 6.10 Å². The molecule has 0 aromatic rings. The smallest absolute Gasteiger partial charge is 0.426 e. The molecule has 1 rings (SSSR count). The minimum Gasteiger partial charge on any atom is -0.479 e. The Labute approximate surface area is 168 Å². The number of carboxylic acids is 1. The van der Waals surface area contributed by atoms with E-state index in [0.29, 0.717) is 12.3 Å². The molecule has 9 heteroatoms. The number of aliphatic carboxylic acids is 1. The van der Waals surface area contributed by atoms with E-state index in [-0.39, 0.29) is 13.0 Å². The third-order valence-corrected chi connectivity index (χ3v) is 6.88. The quantitative estimate of drug-likeness (QED) is 0.393. The van der Waals surface area contributed by atoms with Crippen LogP contribution in [0.3, 0.4) is 0 Å². The molecule has 2 amide bonds. The van der Waals surface area contributed by atoms with E-state index in [1.165, 1.54) is 26.2 Å². The molecular weight excluding hydrogens is 380 g/mol. The second-order valence-electron chi connectivity index (χ2n) is 8.89. The van der Waals surface area contributed by atoms with Crippen LogP contribution in [-0.4, -0.2) is 60.0 Å². The second-order valence-corrected chi connectivity index (χ2v) is 14.5. The van der Waals surface area contributed by atoms with Gasteiger partial charge in [0.1, 0.15) is 0 Å². The number of aliphatic hydroxyl groups excluding tert-OH is 1. The van der Waals surface area contributed by atoms with Gasteiger partial charge in [0.2, 0.25) is 5.91 Å². The van der Waals surface area contributed by atoms with E-state index in [9.17, 15) is 19.5 Å². The lowest BCUT2D eigenvalue weighted by Gasteiger charge is -2.31. The number of ether oxygens (including phenoxy) is 1. The van der Waals surface area contributed by atoms with Crippen molar-refractivity contribution in [1.29, 1.82) is 0 Å². The maximum atomic E-state index is 12.7. The number of carbonyl (C=O) groups excluding carboxylic acids is 2. The van der Waals surface area contributed by atoms with E-state index >= 15 is 0 Å². The van der Waals surface area contributed by atoms with Crippen molar-refractivity contribution in [2.24, 2.45) is 5.92 Å². The Kier molecular flexibility index (Phi) is 9.95. The molecule has 2 atom stereocenters. The number of nitrogens with one attached hydrogen (secondary N) is 1. The fourth-order valence-electron chi connectivity index (χ4n) is 3.24. The molecule has 0 heterocycles. The summed E-state index contributed by atoms with van der Waals surface area (Å²) in [6.07, 6.45) is 4.00. The van der Waals surface area contributed by atoms with Crippen LogP contribution in [0.2, 0.25) is 25.7 Å². The Bertz CT molecular complexity index is 531. The van der Waals surface area contributed by atoms with Gasteiger partial charge in [-0.3, -0.25) is 4.79 Å². The molecule has 8 nitrogen and oxygen atoms in total. The number of amides is 2. The molecule has 1 aliphatic rings. The Morgan fingerprint density at radius 2 is 1.79 bits per heavy atom. The number of nitrogens with zero attached hydrogens (tertiary/aromatic N) is 1. The lowest BCUT2D eigenvalue weighted by atomic mass is 9.86. The highest BCUT2D eigenvalue weighted by Gasteiger charge is 2.32. The first-order valence-corrected chi connectivity index (χ1v) is 13.9. The molecule has 0 radical (unpaired) electrons. The maximum absolute atomic E-state index is 12.7. The van der Waals surface area contributed by atoms with Crippen molar-refractivity contribution < 1.29 is 29.3 Å². The molecular formula is C19H36N2O6Si. The molecule has 1 aliphatic carbocycles. The van der Waals surface area contributed by atoms with Crippen LogP contribution in [0, 0.1) is 5.92 Å². The summed E-state index contributed by atoms with van der Waals surface area (Å²) in [5, 5.41) is 19.8. The number of hydrogen-bond acceptors (Lipinski definition) is 5. The van der Waals surface area contributed by atoms with E-state index in [4.69, 9.17) is 9.84 Å².